The first-order valence-corrected chi connectivity index (χ1v) is 9.88. The number of rotatable bonds is 7. The summed E-state index contributed by atoms with van der Waals surface area (Å²) in [6, 6.07) is 12.9. The van der Waals surface area contributed by atoms with Gasteiger partial charge in [0.2, 0.25) is 5.91 Å². The predicted molar refractivity (Wildman–Crippen MR) is 108 cm³/mol. The minimum absolute atomic E-state index is 0.0572. The fourth-order valence-electron chi connectivity index (χ4n) is 3.78. The normalized spacial score (nSPS) is 16.6. The summed E-state index contributed by atoms with van der Waals surface area (Å²) in [7, 11) is 1.62. The molecule has 1 heterocycles. The van der Waals surface area contributed by atoms with E-state index in [1.807, 2.05) is 37.3 Å². The zero-order chi connectivity index (χ0) is 20.5. The van der Waals surface area contributed by atoms with Crippen LogP contribution >= 0.6 is 0 Å². The number of aryl methyl sites for hydroxylation is 1. The van der Waals surface area contributed by atoms with Gasteiger partial charge in [0.25, 0.3) is 11.8 Å². The average Bonchev–Trinajstić information content (AvgIpc) is 3.53. The van der Waals surface area contributed by atoms with Crippen molar-refractivity contribution in [3.05, 3.63) is 64.7 Å². The van der Waals surface area contributed by atoms with Crippen molar-refractivity contribution in [2.75, 3.05) is 13.7 Å². The summed E-state index contributed by atoms with van der Waals surface area (Å²) in [5, 5.41) is 3.09. The van der Waals surface area contributed by atoms with E-state index in [4.69, 9.17) is 4.74 Å². The average molecular weight is 392 g/mol. The van der Waals surface area contributed by atoms with E-state index in [0.29, 0.717) is 17.0 Å². The van der Waals surface area contributed by atoms with Crippen LogP contribution in [-0.2, 0) is 4.79 Å². The second-order valence-corrected chi connectivity index (χ2v) is 7.72. The molecule has 1 N–H and O–H groups in total. The SMILES string of the molecule is COc1ccc(C(NC(=O)CCN2C(=O)c3ccc(C)cc3C2=O)C2CC2)cc1. The van der Waals surface area contributed by atoms with Gasteiger partial charge in [-0.25, -0.2) is 0 Å². The number of ether oxygens (including phenoxy) is 1. The van der Waals surface area contributed by atoms with Crippen molar-refractivity contribution in [1.82, 2.24) is 10.2 Å². The molecule has 150 valence electrons. The number of nitrogens with zero attached hydrogens (tertiary/aromatic N) is 1. The van der Waals surface area contributed by atoms with E-state index >= 15 is 0 Å². The fourth-order valence-corrected chi connectivity index (χ4v) is 3.78. The van der Waals surface area contributed by atoms with Crippen molar-refractivity contribution in [1.29, 1.82) is 0 Å². The molecular formula is C23H24N2O4. The summed E-state index contributed by atoms with van der Waals surface area (Å²) in [4.78, 5) is 38.8. The third-order valence-corrected chi connectivity index (χ3v) is 5.57. The van der Waals surface area contributed by atoms with Gasteiger partial charge < -0.3 is 10.1 Å². The van der Waals surface area contributed by atoms with Gasteiger partial charge in [-0.3, -0.25) is 19.3 Å². The molecule has 0 spiro atoms. The highest BCUT2D eigenvalue weighted by Gasteiger charge is 2.36. The van der Waals surface area contributed by atoms with Crippen LogP contribution in [0.3, 0.4) is 0 Å². The largest absolute Gasteiger partial charge is 0.497 e. The number of fused-ring (bicyclic) bond motifs is 1. The van der Waals surface area contributed by atoms with Gasteiger partial charge in [-0.05, 0) is 55.5 Å². The number of amides is 3. The Morgan fingerprint density at radius 2 is 1.79 bits per heavy atom. The molecule has 29 heavy (non-hydrogen) atoms. The standard InChI is InChI=1S/C23H24N2O4/c1-14-3-10-18-19(13-14)23(28)25(22(18)27)12-11-20(26)24-21(15-4-5-15)16-6-8-17(29-2)9-7-16/h3,6-10,13,15,21H,4-5,11-12H2,1-2H3,(H,24,26). The Kier molecular flexibility index (Phi) is 5.09. The van der Waals surface area contributed by atoms with Crippen LogP contribution in [0.4, 0.5) is 0 Å². The molecule has 6 heteroatoms. The Bertz CT molecular complexity index is 963. The van der Waals surface area contributed by atoms with Crippen LogP contribution in [-0.4, -0.2) is 36.3 Å². The van der Waals surface area contributed by atoms with Crippen molar-refractivity contribution in [3.8, 4) is 5.75 Å². The van der Waals surface area contributed by atoms with Crippen LogP contribution in [0.1, 0.15) is 57.1 Å². The van der Waals surface area contributed by atoms with E-state index in [9.17, 15) is 14.4 Å². The minimum atomic E-state index is -0.327. The Hall–Kier alpha value is -3.15. The van der Waals surface area contributed by atoms with Gasteiger partial charge in [0.1, 0.15) is 5.75 Å². The highest BCUT2D eigenvalue weighted by Crippen LogP contribution is 2.41. The molecule has 6 nitrogen and oxygen atoms in total. The second kappa shape index (κ2) is 7.70. The topological polar surface area (TPSA) is 75.7 Å². The van der Waals surface area contributed by atoms with Crippen LogP contribution in [0.15, 0.2) is 42.5 Å². The molecule has 1 saturated carbocycles. The molecule has 0 bridgehead atoms. The summed E-state index contributed by atoms with van der Waals surface area (Å²) in [6.07, 6.45) is 2.24. The molecule has 0 saturated heterocycles. The third kappa shape index (κ3) is 3.88. The van der Waals surface area contributed by atoms with E-state index in [0.717, 1.165) is 29.7 Å². The van der Waals surface area contributed by atoms with E-state index < -0.39 is 0 Å². The van der Waals surface area contributed by atoms with Gasteiger partial charge in [0.05, 0.1) is 24.3 Å². The molecule has 2 aromatic rings. The lowest BCUT2D eigenvalue weighted by atomic mass is 10.0. The van der Waals surface area contributed by atoms with Crippen LogP contribution in [0.5, 0.6) is 5.75 Å². The van der Waals surface area contributed by atoms with E-state index in [1.54, 1.807) is 19.2 Å². The summed E-state index contributed by atoms with van der Waals surface area (Å²) in [5.74, 6) is 0.387. The first-order valence-electron chi connectivity index (χ1n) is 9.88. The van der Waals surface area contributed by atoms with Gasteiger partial charge in [-0.15, -0.1) is 0 Å². The summed E-state index contributed by atoms with van der Waals surface area (Å²) in [6.45, 7) is 1.96. The van der Waals surface area contributed by atoms with Crippen LogP contribution in [0.25, 0.3) is 0 Å². The highest BCUT2D eigenvalue weighted by atomic mass is 16.5. The van der Waals surface area contributed by atoms with Crippen molar-refractivity contribution in [3.63, 3.8) is 0 Å². The number of hydrogen-bond donors (Lipinski definition) is 1. The van der Waals surface area contributed by atoms with Crippen LogP contribution in [0, 0.1) is 12.8 Å². The second-order valence-electron chi connectivity index (χ2n) is 7.72. The lowest BCUT2D eigenvalue weighted by Crippen LogP contribution is -2.36. The molecule has 1 aliphatic heterocycles. The van der Waals surface area contributed by atoms with Gasteiger partial charge in [0.15, 0.2) is 0 Å². The molecule has 1 atom stereocenters. The monoisotopic (exact) mass is 392 g/mol. The highest BCUT2D eigenvalue weighted by molar-refractivity contribution is 6.21. The van der Waals surface area contributed by atoms with Crippen molar-refractivity contribution < 1.29 is 19.1 Å². The summed E-state index contributed by atoms with van der Waals surface area (Å²) >= 11 is 0. The van der Waals surface area contributed by atoms with E-state index in [-0.39, 0.29) is 36.7 Å². The number of carbonyl (C=O) groups is 3. The Morgan fingerprint density at radius 1 is 1.10 bits per heavy atom. The van der Waals surface area contributed by atoms with Crippen molar-refractivity contribution in [2.45, 2.75) is 32.2 Å². The Morgan fingerprint density at radius 3 is 2.45 bits per heavy atom. The molecular weight excluding hydrogens is 368 g/mol. The van der Waals surface area contributed by atoms with Gasteiger partial charge in [-0.1, -0.05) is 23.8 Å². The van der Waals surface area contributed by atoms with E-state index in [2.05, 4.69) is 5.32 Å². The molecule has 3 amide bonds. The summed E-state index contributed by atoms with van der Waals surface area (Å²) in [5.41, 5.74) is 2.80. The number of methoxy groups -OCH3 is 1. The lowest BCUT2D eigenvalue weighted by molar-refractivity contribution is -0.122. The number of benzene rings is 2. The number of nitrogens with one attached hydrogen (secondary N) is 1. The smallest absolute Gasteiger partial charge is 0.261 e. The molecule has 0 aromatic heterocycles. The maximum Gasteiger partial charge on any atom is 0.261 e. The van der Waals surface area contributed by atoms with Crippen molar-refractivity contribution in [2.24, 2.45) is 5.92 Å². The number of carbonyl (C=O) groups excluding carboxylic acids is 3. The molecule has 1 fully saturated rings. The maximum atomic E-state index is 12.6. The zero-order valence-corrected chi connectivity index (χ0v) is 16.6. The third-order valence-electron chi connectivity index (χ3n) is 5.57. The molecule has 0 radical (unpaired) electrons. The quantitative estimate of drug-likeness (QED) is 0.734. The van der Waals surface area contributed by atoms with Crippen LogP contribution < -0.4 is 10.1 Å². The van der Waals surface area contributed by atoms with Gasteiger partial charge in [-0.2, -0.15) is 0 Å². The predicted octanol–water partition coefficient (Wildman–Crippen LogP) is 3.26. The van der Waals surface area contributed by atoms with Crippen molar-refractivity contribution >= 4 is 17.7 Å². The minimum Gasteiger partial charge on any atom is -0.497 e. The first kappa shape index (κ1) is 19.2. The molecule has 1 aliphatic carbocycles. The zero-order valence-electron chi connectivity index (χ0n) is 16.6. The Labute approximate surface area is 169 Å². The van der Waals surface area contributed by atoms with Gasteiger partial charge >= 0.3 is 0 Å². The lowest BCUT2D eigenvalue weighted by Gasteiger charge is -2.20. The van der Waals surface area contributed by atoms with Crippen LogP contribution in [0.2, 0.25) is 0 Å². The molecule has 1 unspecified atom stereocenters. The maximum absolute atomic E-state index is 12.6. The molecule has 2 aliphatic rings. The van der Waals surface area contributed by atoms with E-state index in [1.165, 1.54) is 4.90 Å². The first-order chi connectivity index (χ1) is 14.0. The molecule has 4 rings (SSSR count). The Balaban J connectivity index is 1.39. The van der Waals surface area contributed by atoms with Gasteiger partial charge in [0, 0.05) is 13.0 Å². The molecule has 2 aromatic carbocycles. The number of hydrogen-bond acceptors (Lipinski definition) is 4. The summed E-state index contributed by atoms with van der Waals surface area (Å²) < 4.78 is 5.20. The number of imide groups is 1. The fraction of sp³-hybridized carbons (Fsp3) is 0.348.